The lowest BCUT2D eigenvalue weighted by molar-refractivity contribution is -0.119. The van der Waals surface area contributed by atoms with E-state index in [9.17, 15) is 9.59 Å². The molecule has 2 aliphatic carbocycles. The third-order valence-electron chi connectivity index (χ3n) is 7.78. The van der Waals surface area contributed by atoms with Crippen LogP contribution in [-0.2, 0) is 4.79 Å². The lowest BCUT2D eigenvalue weighted by atomic mass is 9.70. The quantitative estimate of drug-likeness (QED) is 0.821. The summed E-state index contributed by atoms with van der Waals surface area (Å²) in [7, 11) is 0. The van der Waals surface area contributed by atoms with E-state index < -0.39 is 0 Å². The number of rotatable bonds is 3. The lowest BCUT2D eigenvalue weighted by Gasteiger charge is -2.34. The highest BCUT2D eigenvalue weighted by Gasteiger charge is 2.60. The summed E-state index contributed by atoms with van der Waals surface area (Å²) in [5.74, 6) is 0.262. The average molecular weight is 375 g/mol. The number of fused-ring (bicyclic) bond motifs is 2. The molecule has 28 heavy (non-hydrogen) atoms. The molecule has 5 rings (SSSR count). The minimum absolute atomic E-state index is 0.0209. The van der Waals surface area contributed by atoms with Gasteiger partial charge >= 0.3 is 0 Å². The molecule has 2 saturated carbocycles. The minimum Gasteiger partial charge on any atom is -0.298 e. The predicted molar refractivity (Wildman–Crippen MR) is 110 cm³/mol. The van der Waals surface area contributed by atoms with Gasteiger partial charge in [0.25, 0.3) is 11.8 Å². The normalized spacial score (nSPS) is 28.5. The summed E-state index contributed by atoms with van der Waals surface area (Å²) in [5.41, 5.74) is 5.57. The third-order valence-corrected chi connectivity index (χ3v) is 7.78. The second kappa shape index (κ2) is 5.66. The molecule has 2 bridgehead atoms. The Morgan fingerprint density at radius 3 is 2.64 bits per heavy atom. The van der Waals surface area contributed by atoms with Crippen LogP contribution >= 0.6 is 0 Å². The highest BCUT2D eigenvalue weighted by Crippen LogP contribution is 2.63. The standard InChI is InChI=1S/C23H25N3O2/c1-22(2)15-10-11-23(22,3)18(12-15)24-25-19(27)13-26-17-9-5-7-14-6-4-8-16(20(14)17)21(26)28/h4-9,15H,10-13H2,1-3H3,(H,25,27)/b24-18-. The molecular formula is C23H25N3O2. The van der Waals surface area contributed by atoms with E-state index in [0.29, 0.717) is 11.5 Å². The van der Waals surface area contributed by atoms with Crippen molar-refractivity contribution in [3.05, 3.63) is 42.0 Å². The summed E-state index contributed by atoms with van der Waals surface area (Å²) in [6, 6.07) is 11.5. The Morgan fingerprint density at radius 2 is 1.96 bits per heavy atom. The Labute approximate surface area is 164 Å². The number of nitrogens with zero attached hydrogens (tertiary/aromatic N) is 2. The van der Waals surface area contributed by atoms with Crippen molar-refractivity contribution in [1.29, 1.82) is 0 Å². The number of hydrazone groups is 1. The number of nitrogens with one attached hydrogen (secondary N) is 1. The fourth-order valence-electron chi connectivity index (χ4n) is 5.54. The van der Waals surface area contributed by atoms with Gasteiger partial charge in [0.15, 0.2) is 0 Å². The molecule has 5 heteroatoms. The van der Waals surface area contributed by atoms with Gasteiger partial charge in [-0.1, -0.05) is 45.0 Å². The van der Waals surface area contributed by atoms with Crippen LogP contribution < -0.4 is 10.3 Å². The van der Waals surface area contributed by atoms with E-state index in [0.717, 1.165) is 35.0 Å². The van der Waals surface area contributed by atoms with Crippen LogP contribution in [0.15, 0.2) is 41.5 Å². The molecule has 0 saturated heterocycles. The monoisotopic (exact) mass is 375 g/mol. The van der Waals surface area contributed by atoms with Gasteiger partial charge in [-0.3, -0.25) is 14.5 Å². The second-order valence-corrected chi connectivity index (χ2v) is 9.16. The molecule has 0 aromatic heterocycles. The molecule has 2 atom stereocenters. The van der Waals surface area contributed by atoms with Gasteiger partial charge in [0, 0.05) is 22.1 Å². The van der Waals surface area contributed by atoms with Crippen molar-refractivity contribution in [3.63, 3.8) is 0 Å². The van der Waals surface area contributed by atoms with Crippen LogP contribution in [0.3, 0.4) is 0 Å². The topological polar surface area (TPSA) is 61.8 Å². The van der Waals surface area contributed by atoms with Crippen molar-refractivity contribution in [3.8, 4) is 0 Å². The molecule has 0 radical (unpaired) electrons. The third kappa shape index (κ3) is 2.16. The number of benzene rings is 2. The van der Waals surface area contributed by atoms with Gasteiger partial charge in [0.05, 0.1) is 5.69 Å². The second-order valence-electron chi connectivity index (χ2n) is 9.16. The number of amides is 2. The lowest BCUT2D eigenvalue weighted by Crippen LogP contribution is -2.39. The molecule has 2 unspecified atom stereocenters. The van der Waals surface area contributed by atoms with Crippen LogP contribution in [0.4, 0.5) is 5.69 Å². The molecular weight excluding hydrogens is 350 g/mol. The van der Waals surface area contributed by atoms with Crippen molar-refractivity contribution >= 4 is 34.0 Å². The predicted octanol–water partition coefficient (Wildman–Crippen LogP) is 4.12. The van der Waals surface area contributed by atoms with Crippen LogP contribution in [0.2, 0.25) is 0 Å². The molecule has 1 heterocycles. The van der Waals surface area contributed by atoms with Gasteiger partial charge in [0.1, 0.15) is 6.54 Å². The van der Waals surface area contributed by atoms with Crippen LogP contribution in [0.5, 0.6) is 0 Å². The van der Waals surface area contributed by atoms with Gasteiger partial charge in [0.2, 0.25) is 0 Å². The number of hydrogen-bond acceptors (Lipinski definition) is 3. The van der Waals surface area contributed by atoms with Crippen LogP contribution in [0, 0.1) is 16.7 Å². The molecule has 2 amide bonds. The van der Waals surface area contributed by atoms with Crippen LogP contribution in [-0.4, -0.2) is 24.1 Å². The summed E-state index contributed by atoms with van der Waals surface area (Å²) in [4.78, 5) is 27.0. The Morgan fingerprint density at radius 1 is 1.21 bits per heavy atom. The molecule has 0 spiro atoms. The van der Waals surface area contributed by atoms with Crippen LogP contribution in [0.25, 0.3) is 10.8 Å². The van der Waals surface area contributed by atoms with E-state index in [2.05, 4.69) is 31.3 Å². The molecule has 3 aliphatic rings. The molecule has 144 valence electrons. The smallest absolute Gasteiger partial charge is 0.260 e. The fraction of sp³-hybridized carbons (Fsp3) is 0.435. The van der Waals surface area contributed by atoms with E-state index in [4.69, 9.17) is 0 Å². The van der Waals surface area contributed by atoms with E-state index in [1.54, 1.807) is 4.90 Å². The Kier molecular flexibility index (Phi) is 3.52. The van der Waals surface area contributed by atoms with Gasteiger partial charge in [-0.25, -0.2) is 5.43 Å². The Balaban J connectivity index is 1.35. The van der Waals surface area contributed by atoms with Gasteiger partial charge < -0.3 is 0 Å². The maximum absolute atomic E-state index is 12.8. The van der Waals surface area contributed by atoms with Gasteiger partial charge in [-0.2, -0.15) is 5.10 Å². The highest BCUT2D eigenvalue weighted by molar-refractivity contribution is 6.26. The SMILES string of the molecule is CC12CCC(C/C1=N/NC(=O)CN1C(=O)c3cccc4cccc1c34)C2(C)C. The molecule has 1 aliphatic heterocycles. The zero-order valence-electron chi connectivity index (χ0n) is 16.6. The number of hydrogen-bond donors (Lipinski definition) is 1. The first-order valence-electron chi connectivity index (χ1n) is 10.0. The largest absolute Gasteiger partial charge is 0.298 e. The number of carbonyl (C=O) groups is 2. The fourth-order valence-corrected chi connectivity index (χ4v) is 5.54. The maximum Gasteiger partial charge on any atom is 0.260 e. The van der Waals surface area contributed by atoms with Crippen molar-refractivity contribution in [1.82, 2.24) is 5.43 Å². The zero-order valence-corrected chi connectivity index (χ0v) is 16.6. The van der Waals surface area contributed by atoms with Gasteiger partial charge in [-0.15, -0.1) is 0 Å². The van der Waals surface area contributed by atoms with Crippen molar-refractivity contribution in [2.75, 3.05) is 11.4 Å². The molecule has 5 nitrogen and oxygen atoms in total. The summed E-state index contributed by atoms with van der Waals surface area (Å²) in [6.45, 7) is 6.88. The van der Waals surface area contributed by atoms with E-state index >= 15 is 0 Å². The Bertz CT molecular complexity index is 1050. The minimum atomic E-state index is -0.255. The summed E-state index contributed by atoms with van der Waals surface area (Å²) in [5, 5.41) is 6.46. The maximum atomic E-state index is 12.8. The molecule has 2 aromatic rings. The van der Waals surface area contributed by atoms with Crippen molar-refractivity contribution < 1.29 is 9.59 Å². The number of anilines is 1. The summed E-state index contributed by atoms with van der Waals surface area (Å²) < 4.78 is 0. The van der Waals surface area contributed by atoms with E-state index in [1.807, 2.05) is 36.4 Å². The molecule has 2 fully saturated rings. The first-order chi connectivity index (χ1) is 13.3. The average Bonchev–Trinajstić information content (AvgIpc) is 3.15. The summed E-state index contributed by atoms with van der Waals surface area (Å²) in [6.07, 6.45) is 3.32. The van der Waals surface area contributed by atoms with Crippen molar-refractivity contribution in [2.24, 2.45) is 21.8 Å². The van der Waals surface area contributed by atoms with E-state index in [1.165, 1.54) is 6.42 Å². The van der Waals surface area contributed by atoms with Crippen LogP contribution in [0.1, 0.15) is 50.4 Å². The first kappa shape index (κ1) is 17.4. The Hall–Kier alpha value is -2.69. The first-order valence-corrected chi connectivity index (χ1v) is 10.0. The highest BCUT2D eigenvalue weighted by atomic mass is 16.2. The summed E-state index contributed by atoms with van der Waals surface area (Å²) >= 11 is 0. The number of carbonyl (C=O) groups excluding carboxylic acids is 2. The van der Waals surface area contributed by atoms with E-state index in [-0.39, 0.29) is 29.2 Å². The molecule has 1 N–H and O–H groups in total. The van der Waals surface area contributed by atoms with Gasteiger partial charge in [-0.05, 0) is 48.1 Å². The molecule has 2 aromatic carbocycles. The van der Waals surface area contributed by atoms with Crippen molar-refractivity contribution in [2.45, 2.75) is 40.0 Å². The zero-order chi connectivity index (χ0) is 19.7.